The van der Waals surface area contributed by atoms with E-state index in [1.807, 2.05) is 0 Å². The van der Waals surface area contributed by atoms with Crippen LogP contribution in [0, 0.1) is 3.57 Å². The average molecular weight is 356 g/mol. The number of aromatic nitrogens is 1. The van der Waals surface area contributed by atoms with Crippen molar-refractivity contribution in [3.63, 3.8) is 0 Å². The van der Waals surface area contributed by atoms with E-state index < -0.39 is 12.4 Å². The Balaban J connectivity index is 3.27. The minimum atomic E-state index is -2.70. The molecular formula is C10H11F2IN2O2. The Hall–Kier alpha value is -0.830. The summed E-state index contributed by atoms with van der Waals surface area (Å²) in [5, 5.41) is 0. The van der Waals surface area contributed by atoms with E-state index in [-0.39, 0.29) is 33.5 Å². The highest BCUT2D eigenvalue weighted by molar-refractivity contribution is 14.1. The molecule has 1 rings (SSSR count). The van der Waals surface area contributed by atoms with E-state index in [1.165, 1.54) is 6.20 Å². The van der Waals surface area contributed by atoms with E-state index >= 15 is 0 Å². The third kappa shape index (κ3) is 3.09. The molecule has 1 heterocycles. The standard InChI is InChI=1S/C10H11F2IN2O2/c1-2-17-10(16)8-7(13)6(9(11)12)5(3-14)4-15-8/h4,9H,2-3,14H2,1H3. The lowest BCUT2D eigenvalue weighted by molar-refractivity contribution is 0.0517. The number of hydrogen-bond acceptors (Lipinski definition) is 4. The third-order valence-corrected chi connectivity index (χ3v) is 3.14. The van der Waals surface area contributed by atoms with Crippen molar-refractivity contribution in [2.75, 3.05) is 6.61 Å². The highest BCUT2D eigenvalue weighted by atomic mass is 127. The van der Waals surface area contributed by atoms with Gasteiger partial charge in [-0.15, -0.1) is 0 Å². The van der Waals surface area contributed by atoms with Gasteiger partial charge in [0.1, 0.15) is 0 Å². The maximum atomic E-state index is 12.9. The molecule has 0 aliphatic carbocycles. The smallest absolute Gasteiger partial charge is 0.358 e. The Bertz CT molecular complexity index is 427. The van der Waals surface area contributed by atoms with Gasteiger partial charge in [-0.3, -0.25) is 0 Å². The van der Waals surface area contributed by atoms with Gasteiger partial charge in [-0.25, -0.2) is 18.6 Å². The van der Waals surface area contributed by atoms with E-state index in [1.54, 1.807) is 29.5 Å². The van der Waals surface area contributed by atoms with Gasteiger partial charge in [0, 0.05) is 18.3 Å². The number of carbonyl (C=O) groups excluding carboxylic acids is 1. The van der Waals surface area contributed by atoms with Crippen LogP contribution in [0.5, 0.6) is 0 Å². The van der Waals surface area contributed by atoms with Crippen LogP contribution >= 0.6 is 22.6 Å². The minimum Gasteiger partial charge on any atom is -0.461 e. The molecular weight excluding hydrogens is 345 g/mol. The molecule has 1 aromatic rings. The van der Waals surface area contributed by atoms with Crippen molar-refractivity contribution in [1.29, 1.82) is 0 Å². The van der Waals surface area contributed by atoms with E-state index in [4.69, 9.17) is 10.5 Å². The zero-order chi connectivity index (χ0) is 13.0. The number of nitrogens with two attached hydrogens (primary N) is 1. The lowest BCUT2D eigenvalue weighted by Gasteiger charge is -2.11. The molecule has 0 aromatic carbocycles. The Labute approximate surface area is 111 Å². The first-order valence-corrected chi connectivity index (χ1v) is 5.93. The summed E-state index contributed by atoms with van der Waals surface area (Å²) in [4.78, 5) is 15.3. The summed E-state index contributed by atoms with van der Waals surface area (Å²) in [6.07, 6.45) is -1.51. The van der Waals surface area contributed by atoms with Gasteiger partial charge in [0.05, 0.1) is 10.2 Å². The SMILES string of the molecule is CCOC(=O)c1ncc(CN)c(C(F)F)c1I. The van der Waals surface area contributed by atoms with Crippen LogP contribution in [0.25, 0.3) is 0 Å². The quantitative estimate of drug-likeness (QED) is 0.664. The van der Waals surface area contributed by atoms with Crippen LogP contribution in [-0.2, 0) is 11.3 Å². The van der Waals surface area contributed by atoms with Gasteiger partial charge in [-0.2, -0.15) is 0 Å². The number of carbonyl (C=O) groups is 1. The number of hydrogen-bond donors (Lipinski definition) is 1. The summed E-state index contributed by atoms with van der Waals surface area (Å²) in [7, 11) is 0. The average Bonchev–Trinajstić information content (AvgIpc) is 2.27. The second-order valence-corrected chi connectivity index (χ2v) is 4.16. The lowest BCUT2D eigenvalue weighted by atomic mass is 10.1. The van der Waals surface area contributed by atoms with Crippen LogP contribution in [0.15, 0.2) is 6.20 Å². The molecule has 0 amide bonds. The molecule has 2 N–H and O–H groups in total. The van der Waals surface area contributed by atoms with E-state index in [0.29, 0.717) is 0 Å². The van der Waals surface area contributed by atoms with Crippen molar-refractivity contribution >= 4 is 28.6 Å². The van der Waals surface area contributed by atoms with Crippen LogP contribution < -0.4 is 5.73 Å². The Morgan fingerprint density at radius 2 is 2.29 bits per heavy atom. The Kier molecular flexibility index (Phi) is 5.19. The maximum Gasteiger partial charge on any atom is 0.358 e. The van der Waals surface area contributed by atoms with E-state index in [9.17, 15) is 13.6 Å². The number of nitrogens with zero attached hydrogens (tertiary/aromatic N) is 1. The molecule has 0 aliphatic heterocycles. The number of halogens is 3. The van der Waals surface area contributed by atoms with Crippen molar-refractivity contribution < 1.29 is 18.3 Å². The third-order valence-electron chi connectivity index (χ3n) is 2.05. The normalized spacial score (nSPS) is 10.7. The molecule has 0 aliphatic rings. The predicted octanol–water partition coefficient (Wildman–Crippen LogP) is 2.26. The number of rotatable bonds is 4. The Morgan fingerprint density at radius 1 is 1.65 bits per heavy atom. The molecule has 0 fully saturated rings. The molecule has 0 bridgehead atoms. The maximum absolute atomic E-state index is 12.9. The second-order valence-electron chi connectivity index (χ2n) is 3.08. The molecule has 0 unspecified atom stereocenters. The van der Waals surface area contributed by atoms with Crippen LogP contribution in [0.4, 0.5) is 8.78 Å². The van der Waals surface area contributed by atoms with Gasteiger partial charge < -0.3 is 10.5 Å². The summed E-state index contributed by atoms with van der Waals surface area (Å²) in [6.45, 7) is 1.75. The summed E-state index contributed by atoms with van der Waals surface area (Å²) in [6, 6.07) is 0. The monoisotopic (exact) mass is 356 g/mol. The molecule has 7 heteroatoms. The van der Waals surface area contributed by atoms with E-state index in [2.05, 4.69) is 4.98 Å². The van der Waals surface area contributed by atoms with Crippen molar-refractivity contribution in [1.82, 2.24) is 4.98 Å². The fourth-order valence-corrected chi connectivity index (χ4v) is 2.22. The van der Waals surface area contributed by atoms with Crippen LogP contribution in [-0.4, -0.2) is 17.6 Å². The van der Waals surface area contributed by atoms with Crippen molar-refractivity contribution in [3.8, 4) is 0 Å². The highest BCUT2D eigenvalue weighted by Gasteiger charge is 2.23. The molecule has 4 nitrogen and oxygen atoms in total. The highest BCUT2D eigenvalue weighted by Crippen LogP contribution is 2.29. The summed E-state index contributed by atoms with van der Waals surface area (Å²) >= 11 is 1.66. The summed E-state index contributed by atoms with van der Waals surface area (Å²) in [5.74, 6) is -0.706. The fraction of sp³-hybridized carbons (Fsp3) is 0.400. The molecule has 0 radical (unpaired) electrons. The summed E-state index contributed by atoms with van der Waals surface area (Å²) < 4.78 is 30.6. The second kappa shape index (κ2) is 6.20. The fourth-order valence-electron chi connectivity index (χ4n) is 1.28. The van der Waals surface area contributed by atoms with Crippen molar-refractivity contribution in [2.24, 2.45) is 5.73 Å². The molecule has 94 valence electrons. The molecule has 17 heavy (non-hydrogen) atoms. The molecule has 0 atom stereocenters. The first-order valence-electron chi connectivity index (χ1n) is 4.85. The zero-order valence-corrected chi connectivity index (χ0v) is 11.2. The lowest BCUT2D eigenvalue weighted by Crippen LogP contribution is -2.14. The van der Waals surface area contributed by atoms with Gasteiger partial charge >= 0.3 is 5.97 Å². The Morgan fingerprint density at radius 3 is 2.76 bits per heavy atom. The first kappa shape index (κ1) is 14.2. The van der Waals surface area contributed by atoms with Gasteiger partial charge in [0.25, 0.3) is 6.43 Å². The molecule has 1 aromatic heterocycles. The molecule has 0 saturated heterocycles. The molecule has 0 spiro atoms. The van der Waals surface area contributed by atoms with Crippen molar-refractivity contribution in [3.05, 3.63) is 26.6 Å². The number of pyridine rings is 1. The number of alkyl halides is 2. The van der Waals surface area contributed by atoms with E-state index in [0.717, 1.165) is 0 Å². The number of ether oxygens (including phenoxy) is 1. The summed E-state index contributed by atoms with van der Waals surface area (Å²) in [5.41, 5.74) is 5.24. The van der Waals surface area contributed by atoms with Gasteiger partial charge in [0.2, 0.25) is 0 Å². The van der Waals surface area contributed by atoms with Crippen LogP contribution in [0.2, 0.25) is 0 Å². The van der Waals surface area contributed by atoms with Crippen LogP contribution in [0.3, 0.4) is 0 Å². The zero-order valence-electron chi connectivity index (χ0n) is 9.04. The first-order chi connectivity index (χ1) is 8.02. The van der Waals surface area contributed by atoms with Gasteiger partial charge in [-0.05, 0) is 35.1 Å². The predicted molar refractivity (Wildman–Crippen MR) is 65.8 cm³/mol. The molecule has 0 saturated carbocycles. The van der Waals surface area contributed by atoms with Crippen molar-refractivity contribution in [2.45, 2.75) is 19.9 Å². The topological polar surface area (TPSA) is 65.2 Å². The minimum absolute atomic E-state index is 0.0498. The largest absolute Gasteiger partial charge is 0.461 e. The van der Waals surface area contributed by atoms with Gasteiger partial charge in [-0.1, -0.05) is 0 Å². The van der Waals surface area contributed by atoms with Crippen LogP contribution in [0.1, 0.15) is 35.0 Å². The number of esters is 1. The van der Waals surface area contributed by atoms with Gasteiger partial charge in [0.15, 0.2) is 5.69 Å².